The Balaban J connectivity index is 1.68. The number of thiophene rings is 1. The molecule has 0 saturated heterocycles. The molecule has 0 fully saturated rings. The number of allylic oxidation sites excluding steroid dienone is 4. The maximum absolute atomic E-state index is 2.60. The van der Waals surface area contributed by atoms with Gasteiger partial charge in [-0.05, 0) is 70.7 Å². The summed E-state index contributed by atoms with van der Waals surface area (Å²) in [6.07, 6.45) is 3.56. The highest BCUT2D eigenvalue weighted by molar-refractivity contribution is 8.05. The lowest BCUT2D eigenvalue weighted by molar-refractivity contribution is 0.411. The second-order valence-electron chi connectivity index (χ2n) is 14.0. The van der Waals surface area contributed by atoms with Crippen molar-refractivity contribution in [1.29, 1.82) is 0 Å². The SMILES string of the molecule is CC1=C(SC(C)C(C)(C)C)B2C3=C(C(C)CC=C3N(c3ccccc3)c3cc(C(C)(C)C)sc32)N1c1ccccc1. The van der Waals surface area contributed by atoms with E-state index in [4.69, 9.17) is 0 Å². The molecule has 212 valence electrons. The fourth-order valence-corrected chi connectivity index (χ4v) is 8.96. The first-order valence-corrected chi connectivity index (χ1v) is 16.7. The van der Waals surface area contributed by atoms with E-state index in [0.717, 1.165) is 6.42 Å². The average Bonchev–Trinajstić information content (AvgIpc) is 3.38. The van der Waals surface area contributed by atoms with Gasteiger partial charge in [-0.3, -0.25) is 0 Å². The van der Waals surface area contributed by atoms with Crippen LogP contribution in [-0.4, -0.2) is 12.0 Å². The molecule has 0 bridgehead atoms. The summed E-state index contributed by atoms with van der Waals surface area (Å²) in [5, 5.41) is 0.471. The molecule has 0 amide bonds. The van der Waals surface area contributed by atoms with E-state index < -0.39 is 0 Å². The summed E-state index contributed by atoms with van der Waals surface area (Å²) < 4.78 is 1.49. The van der Waals surface area contributed by atoms with Gasteiger partial charge in [0.1, 0.15) is 0 Å². The lowest BCUT2D eigenvalue weighted by Crippen LogP contribution is -2.51. The van der Waals surface area contributed by atoms with Crippen LogP contribution < -0.4 is 14.6 Å². The number of thioether (sulfide) groups is 1. The molecule has 2 nitrogen and oxygen atoms in total. The Morgan fingerprint density at radius 1 is 0.902 bits per heavy atom. The molecule has 3 aromatic rings. The van der Waals surface area contributed by atoms with Crippen LogP contribution >= 0.6 is 23.1 Å². The van der Waals surface area contributed by atoms with Crippen molar-refractivity contribution >= 4 is 51.7 Å². The van der Waals surface area contributed by atoms with Gasteiger partial charge in [-0.1, -0.05) is 97.9 Å². The van der Waals surface area contributed by atoms with Crippen molar-refractivity contribution in [3.63, 3.8) is 0 Å². The van der Waals surface area contributed by atoms with E-state index in [1.165, 1.54) is 54.1 Å². The highest BCUT2D eigenvalue weighted by atomic mass is 32.2. The normalized spacial score (nSPS) is 19.8. The quantitative estimate of drug-likeness (QED) is 0.285. The molecule has 0 radical (unpaired) electrons. The van der Waals surface area contributed by atoms with E-state index in [2.05, 4.69) is 157 Å². The van der Waals surface area contributed by atoms with Crippen molar-refractivity contribution in [2.75, 3.05) is 9.80 Å². The fraction of sp³-hybridized carbons (Fsp3) is 0.389. The monoisotopic (exact) mass is 578 g/mol. The molecule has 2 unspecified atom stereocenters. The predicted molar refractivity (Wildman–Crippen MR) is 184 cm³/mol. The number of hydrogen-bond acceptors (Lipinski definition) is 4. The third kappa shape index (κ3) is 4.83. The largest absolute Gasteiger partial charge is 0.318 e. The second kappa shape index (κ2) is 10.3. The van der Waals surface area contributed by atoms with E-state index in [9.17, 15) is 0 Å². The highest BCUT2D eigenvalue weighted by Gasteiger charge is 2.49. The predicted octanol–water partition coefficient (Wildman–Crippen LogP) is 10.1. The highest BCUT2D eigenvalue weighted by Crippen LogP contribution is 2.54. The summed E-state index contributed by atoms with van der Waals surface area (Å²) in [6.45, 7) is 21.7. The number of rotatable bonds is 4. The molecule has 41 heavy (non-hydrogen) atoms. The molecule has 1 aliphatic carbocycles. The van der Waals surface area contributed by atoms with Crippen LogP contribution in [0.1, 0.15) is 73.6 Å². The second-order valence-corrected chi connectivity index (χ2v) is 16.5. The van der Waals surface area contributed by atoms with Crippen LogP contribution in [0.4, 0.5) is 17.1 Å². The van der Waals surface area contributed by atoms with E-state index in [-0.39, 0.29) is 17.5 Å². The maximum atomic E-state index is 2.60. The Labute approximate surface area is 256 Å². The van der Waals surface area contributed by atoms with Gasteiger partial charge in [-0.15, -0.1) is 11.8 Å². The zero-order chi connectivity index (χ0) is 29.3. The topological polar surface area (TPSA) is 6.48 Å². The van der Waals surface area contributed by atoms with Crippen molar-refractivity contribution in [1.82, 2.24) is 0 Å². The van der Waals surface area contributed by atoms with E-state index in [1.807, 2.05) is 11.3 Å². The van der Waals surface area contributed by atoms with Gasteiger partial charge < -0.3 is 9.80 Å². The molecule has 2 aliphatic heterocycles. The molecule has 3 heterocycles. The van der Waals surface area contributed by atoms with Gasteiger partial charge in [-0.2, -0.15) is 11.3 Å². The van der Waals surface area contributed by atoms with Crippen LogP contribution in [0, 0.1) is 11.3 Å². The van der Waals surface area contributed by atoms with Crippen LogP contribution in [0.15, 0.2) is 100 Å². The van der Waals surface area contributed by atoms with Gasteiger partial charge in [0, 0.05) is 43.4 Å². The lowest BCUT2D eigenvalue weighted by Gasteiger charge is -2.48. The summed E-state index contributed by atoms with van der Waals surface area (Å²) in [5.74, 6) is 0.430. The Morgan fingerprint density at radius 2 is 1.49 bits per heavy atom. The summed E-state index contributed by atoms with van der Waals surface area (Å²) in [4.78, 5) is 8.13. The minimum Gasteiger partial charge on any atom is -0.318 e. The number of benzene rings is 2. The van der Waals surface area contributed by atoms with E-state index in [1.54, 1.807) is 0 Å². The zero-order valence-electron chi connectivity index (χ0n) is 26.1. The molecule has 2 atom stereocenters. The summed E-state index contributed by atoms with van der Waals surface area (Å²) >= 11 is 4.14. The van der Waals surface area contributed by atoms with Gasteiger partial charge in [0.25, 0.3) is 6.71 Å². The summed E-state index contributed by atoms with van der Waals surface area (Å²) in [6, 6.07) is 24.6. The Bertz CT molecular complexity index is 1550. The van der Waals surface area contributed by atoms with Gasteiger partial charge in [0.05, 0.1) is 5.69 Å². The number of fused-ring (bicyclic) bond motifs is 2. The zero-order valence-corrected chi connectivity index (χ0v) is 27.7. The molecule has 3 aliphatic rings. The molecule has 0 saturated carbocycles. The van der Waals surface area contributed by atoms with E-state index in [0.29, 0.717) is 11.2 Å². The van der Waals surface area contributed by atoms with Crippen LogP contribution in [0.25, 0.3) is 0 Å². The Morgan fingerprint density at radius 3 is 2.05 bits per heavy atom. The molecular formula is C36H43BN2S2. The van der Waals surface area contributed by atoms with Gasteiger partial charge in [-0.25, -0.2) is 0 Å². The number of para-hydroxylation sites is 2. The third-order valence-electron chi connectivity index (χ3n) is 8.94. The van der Waals surface area contributed by atoms with Crippen molar-refractivity contribution in [3.8, 4) is 0 Å². The maximum Gasteiger partial charge on any atom is 0.271 e. The van der Waals surface area contributed by atoms with Crippen molar-refractivity contribution in [2.45, 2.75) is 79.4 Å². The van der Waals surface area contributed by atoms with Crippen LogP contribution in [0.5, 0.6) is 0 Å². The fourth-order valence-electron chi connectivity index (χ4n) is 6.20. The minimum atomic E-state index is 0.0872. The van der Waals surface area contributed by atoms with Crippen LogP contribution in [0.3, 0.4) is 0 Å². The smallest absolute Gasteiger partial charge is 0.271 e. The number of hydrogen-bond donors (Lipinski definition) is 0. The number of anilines is 3. The van der Waals surface area contributed by atoms with Gasteiger partial charge >= 0.3 is 0 Å². The summed E-state index contributed by atoms with van der Waals surface area (Å²) in [5.41, 5.74) is 9.89. The molecule has 2 aromatic carbocycles. The standard InChI is InChI=1S/C36H43BN2S2/c1-23-20-21-28-31-32(23)38(26-16-12-10-13-17-26)24(2)33(40-25(3)35(4,5)6)37(31)34-29(22-30(41-34)36(7,8)9)39(28)27-18-14-11-15-19-27/h10-19,21-23,25H,20H2,1-9H3. The molecular weight excluding hydrogens is 535 g/mol. The molecule has 5 heteroatoms. The van der Waals surface area contributed by atoms with Crippen LogP contribution in [-0.2, 0) is 5.41 Å². The minimum absolute atomic E-state index is 0.0872. The van der Waals surface area contributed by atoms with Gasteiger partial charge in [0.15, 0.2) is 0 Å². The first kappa shape index (κ1) is 28.5. The first-order chi connectivity index (χ1) is 19.4. The van der Waals surface area contributed by atoms with Gasteiger partial charge in [0.2, 0.25) is 0 Å². The molecule has 0 spiro atoms. The third-order valence-corrected chi connectivity index (χ3v) is 12.4. The number of nitrogens with zero attached hydrogens (tertiary/aromatic N) is 2. The molecule has 6 rings (SSSR count). The van der Waals surface area contributed by atoms with E-state index >= 15 is 0 Å². The van der Waals surface area contributed by atoms with Crippen molar-refractivity contribution in [2.24, 2.45) is 11.3 Å². The van der Waals surface area contributed by atoms with Crippen molar-refractivity contribution < 1.29 is 0 Å². The Kier molecular flexibility index (Phi) is 7.14. The molecule has 0 N–H and O–H groups in total. The molecule has 1 aromatic heterocycles. The van der Waals surface area contributed by atoms with Crippen molar-refractivity contribution in [3.05, 3.63) is 105 Å². The summed E-state index contributed by atoms with van der Waals surface area (Å²) in [7, 11) is 0. The average molecular weight is 579 g/mol. The Hall–Kier alpha value is -2.63. The van der Waals surface area contributed by atoms with Crippen LogP contribution in [0.2, 0.25) is 0 Å². The lowest BCUT2D eigenvalue weighted by atomic mass is 9.38. The first-order valence-electron chi connectivity index (χ1n) is 15.0.